The lowest BCUT2D eigenvalue weighted by molar-refractivity contribution is -0.116. The van der Waals surface area contributed by atoms with Crippen molar-refractivity contribution in [1.29, 1.82) is 0 Å². The maximum atomic E-state index is 13.2. The number of carbonyl (C=O) groups excluding carboxylic acids is 1. The fraction of sp³-hybridized carbons (Fsp3) is 0.500. The van der Waals surface area contributed by atoms with E-state index in [4.69, 9.17) is 10.1 Å². The molecule has 0 aromatic heterocycles. The number of benzene rings is 1. The van der Waals surface area contributed by atoms with Gasteiger partial charge in [-0.05, 0) is 50.3 Å². The standard InChI is InChI=1S/C22H27BrN4OS/c1-4-5-10-29-22-25-21(28)19-17-12-15(23)7-9-18(17)24-20(27(19)26-22)16-8-6-13(2)11-14(16)3/h6-7,9,12,14,16,20H,4-5,8,10-11H2,1-3H3,(H,25,26,28)/t14-,16+,20+/m1/s1. The van der Waals surface area contributed by atoms with E-state index in [0.29, 0.717) is 22.7 Å². The van der Waals surface area contributed by atoms with Crippen LogP contribution in [0, 0.1) is 11.8 Å². The van der Waals surface area contributed by atoms with Crippen LogP contribution in [0.3, 0.4) is 0 Å². The Hall–Kier alpha value is -1.60. The van der Waals surface area contributed by atoms with Crippen molar-refractivity contribution in [2.45, 2.75) is 52.6 Å². The SMILES string of the molecule is CCCCSC1=NN2C(=c3cc(Br)ccc3=N[C@@H]2[C@H]2CC=C(C)C[C@H]2C)C(=O)N1. The zero-order valence-electron chi connectivity index (χ0n) is 17.1. The van der Waals surface area contributed by atoms with E-state index in [1.165, 1.54) is 5.57 Å². The predicted octanol–water partition coefficient (Wildman–Crippen LogP) is 3.75. The monoisotopic (exact) mass is 474 g/mol. The molecule has 3 atom stereocenters. The van der Waals surface area contributed by atoms with Crippen LogP contribution in [0.15, 0.2) is 44.4 Å². The quantitative estimate of drug-likeness (QED) is 0.533. The van der Waals surface area contributed by atoms with Crippen LogP contribution >= 0.6 is 27.7 Å². The number of amides is 1. The van der Waals surface area contributed by atoms with Gasteiger partial charge in [0.1, 0.15) is 11.9 Å². The van der Waals surface area contributed by atoms with Gasteiger partial charge in [-0.25, -0.2) is 5.01 Å². The lowest BCUT2D eigenvalue weighted by Crippen LogP contribution is -2.55. The van der Waals surface area contributed by atoms with Crippen molar-refractivity contribution in [3.05, 3.63) is 44.9 Å². The lowest BCUT2D eigenvalue weighted by atomic mass is 9.79. The van der Waals surface area contributed by atoms with Crippen molar-refractivity contribution in [1.82, 2.24) is 10.3 Å². The first-order chi connectivity index (χ1) is 14.0. The van der Waals surface area contributed by atoms with Crippen LogP contribution in [-0.4, -0.2) is 28.0 Å². The third kappa shape index (κ3) is 4.17. The number of unbranched alkanes of at least 4 members (excludes halogenated alkanes) is 1. The van der Waals surface area contributed by atoms with Gasteiger partial charge in [0.25, 0.3) is 5.91 Å². The Labute approximate surface area is 184 Å². The number of hydrogen-bond acceptors (Lipinski definition) is 5. The largest absolute Gasteiger partial charge is 0.298 e. The summed E-state index contributed by atoms with van der Waals surface area (Å²) in [4.78, 5) is 18.2. The molecule has 4 rings (SSSR count). The van der Waals surface area contributed by atoms with E-state index in [9.17, 15) is 4.79 Å². The van der Waals surface area contributed by atoms with Crippen LogP contribution < -0.4 is 15.9 Å². The van der Waals surface area contributed by atoms with Crippen LogP contribution in [0.2, 0.25) is 0 Å². The highest BCUT2D eigenvalue weighted by atomic mass is 79.9. The molecule has 3 aliphatic rings. The molecule has 1 amide bonds. The van der Waals surface area contributed by atoms with E-state index < -0.39 is 0 Å². The van der Waals surface area contributed by atoms with Gasteiger partial charge in [-0.2, -0.15) is 0 Å². The van der Waals surface area contributed by atoms with Gasteiger partial charge in [0.05, 0.1) is 5.36 Å². The minimum atomic E-state index is -0.161. The molecule has 5 nitrogen and oxygen atoms in total. The summed E-state index contributed by atoms with van der Waals surface area (Å²) in [6.45, 7) is 6.66. The third-order valence-corrected chi connectivity index (χ3v) is 7.28. The Balaban J connectivity index is 1.80. The number of hydrogen-bond donors (Lipinski definition) is 1. The molecule has 29 heavy (non-hydrogen) atoms. The molecular formula is C22H27BrN4OS. The summed E-state index contributed by atoms with van der Waals surface area (Å²) in [5.74, 6) is 1.67. The first kappa shape index (κ1) is 20.7. The number of halogens is 1. The number of carbonyl (C=O) groups is 1. The molecule has 0 radical (unpaired) electrons. The molecule has 1 aliphatic carbocycles. The van der Waals surface area contributed by atoms with Crippen molar-refractivity contribution in [2.24, 2.45) is 21.9 Å². The Morgan fingerprint density at radius 2 is 2.21 bits per heavy atom. The van der Waals surface area contributed by atoms with Gasteiger partial charge in [-0.15, -0.1) is 5.10 Å². The van der Waals surface area contributed by atoms with Crippen molar-refractivity contribution >= 4 is 44.5 Å². The Bertz CT molecular complexity index is 1000. The van der Waals surface area contributed by atoms with Crippen molar-refractivity contribution in [2.75, 3.05) is 5.75 Å². The second kappa shape index (κ2) is 8.64. The predicted molar refractivity (Wildman–Crippen MR) is 123 cm³/mol. The zero-order chi connectivity index (χ0) is 20.5. The molecule has 154 valence electrons. The molecule has 0 unspecified atom stereocenters. The van der Waals surface area contributed by atoms with E-state index in [-0.39, 0.29) is 12.1 Å². The van der Waals surface area contributed by atoms with Gasteiger partial charge >= 0.3 is 0 Å². The summed E-state index contributed by atoms with van der Waals surface area (Å²) in [6, 6.07) is 5.95. The molecule has 2 aliphatic heterocycles. The summed E-state index contributed by atoms with van der Waals surface area (Å²) in [5, 5.41) is 12.2. The Kier molecular flexibility index (Phi) is 6.16. The van der Waals surface area contributed by atoms with Crippen LogP contribution in [0.5, 0.6) is 0 Å². The number of fused-ring (bicyclic) bond motifs is 2. The molecule has 0 fully saturated rings. The summed E-state index contributed by atoms with van der Waals surface area (Å²) < 4.78 is 0.932. The van der Waals surface area contributed by atoms with Gasteiger partial charge in [-0.1, -0.05) is 59.6 Å². The van der Waals surface area contributed by atoms with Gasteiger partial charge < -0.3 is 0 Å². The normalized spacial score (nSPS) is 26.1. The highest BCUT2D eigenvalue weighted by Crippen LogP contribution is 2.36. The highest BCUT2D eigenvalue weighted by molar-refractivity contribution is 9.10. The van der Waals surface area contributed by atoms with Gasteiger partial charge in [-0.3, -0.25) is 15.1 Å². The van der Waals surface area contributed by atoms with E-state index in [0.717, 1.165) is 46.5 Å². The fourth-order valence-corrected chi connectivity index (χ4v) is 5.56. The van der Waals surface area contributed by atoms with Crippen LogP contribution in [-0.2, 0) is 4.79 Å². The number of thioether (sulfide) groups is 1. The van der Waals surface area contributed by atoms with E-state index in [2.05, 4.69) is 48.1 Å². The first-order valence-electron chi connectivity index (χ1n) is 10.3. The summed E-state index contributed by atoms with van der Waals surface area (Å²) >= 11 is 5.15. The van der Waals surface area contributed by atoms with Gasteiger partial charge in [0.15, 0.2) is 5.17 Å². The van der Waals surface area contributed by atoms with Crippen molar-refractivity contribution in [3.8, 4) is 0 Å². The van der Waals surface area contributed by atoms with Crippen LogP contribution in [0.25, 0.3) is 5.70 Å². The average molecular weight is 475 g/mol. The van der Waals surface area contributed by atoms with Crippen LogP contribution in [0.1, 0.15) is 46.5 Å². The molecule has 0 saturated carbocycles. The highest BCUT2D eigenvalue weighted by Gasteiger charge is 2.39. The molecular weight excluding hydrogens is 448 g/mol. The maximum Gasteiger partial charge on any atom is 0.276 e. The molecule has 2 heterocycles. The second-order valence-electron chi connectivity index (χ2n) is 8.09. The maximum absolute atomic E-state index is 13.2. The Morgan fingerprint density at radius 1 is 1.38 bits per heavy atom. The molecule has 7 heteroatoms. The molecule has 0 spiro atoms. The third-order valence-electron chi connectivity index (χ3n) is 5.83. The minimum absolute atomic E-state index is 0.0894. The summed E-state index contributed by atoms with van der Waals surface area (Å²) in [6.07, 6.45) is 6.42. The van der Waals surface area contributed by atoms with E-state index in [1.54, 1.807) is 11.8 Å². The van der Waals surface area contributed by atoms with Crippen LogP contribution in [0.4, 0.5) is 0 Å². The lowest BCUT2D eigenvalue weighted by Gasteiger charge is -2.40. The van der Waals surface area contributed by atoms with E-state index >= 15 is 0 Å². The topological polar surface area (TPSA) is 57.1 Å². The number of hydrazone groups is 1. The molecule has 1 N–H and O–H groups in total. The van der Waals surface area contributed by atoms with Gasteiger partial charge in [0.2, 0.25) is 0 Å². The van der Waals surface area contributed by atoms with Crippen molar-refractivity contribution < 1.29 is 4.79 Å². The second-order valence-corrected chi connectivity index (χ2v) is 10.1. The molecule has 1 aromatic rings. The minimum Gasteiger partial charge on any atom is -0.298 e. The molecule has 1 aromatic carbocycles. The van der Waals surface area contributed by atoms with Gasteiger partial charge in [0, 0.05) is 21.4 Å². The zero-order valence-corrected chi connectivity index (χ0v) is 19.5. The number of rotatable bonds is 4. The number of nitrogens with zero attached hydrogens (tertiary/aromatic N) is 3. The number of amidine groups is 1. The number of nitrogens with one attached hydrogen (secondary N) is 1. The number of allylic oxidation sites excluding steroid dienone is 2. The van der Waals surface area contributed by atoms with Crippen molar-refractivity contribution in [3.63, 3.8) is 0 Å². The first-order valence-corrected chi connectivity index (χ1v) is 12.1. The average Bonchev–Trinajstić information content (AvgIpc) is 2.68. The van der Waals surface area contributed by atoms with E-state index in [1.807, 2.05) is 23.2 Å². The smallest absolute Gasteiger partial charge is 0.276 e. The molecule has 0 bridgehead atoms. The summed E-state index contributed by atoms with van der Waals surface area (Å²) in [7, 11) is 0. The molecule has 0 saturated heterocycles. The fourth-order valence-electron chi connectivity index (χ4n) is 4.26. The summed E-state index contributed by atoms with van der Waals surface area (Å²) in [5.41, 5.74) is 2.05. The Morgan fingerprint density at radius 3 is 2.97 bits per heavy atom.